The average Bonchev–Trinajstić information content (AvgIpc) is 2.89. The number of benzene rings is 3. The molecule has 0 spiro atoms. The third-order valence-corrected chi connectivity index (χ3v) is 7.58. The summed E-state index contributed by atoms with van der Waals surface area (Å²) in [6, 6.07) is 25.0. The minimum atomic E-state index is -3.78. The molecule has 0 saturated carbocycles. The Bertz CT molecular complexity index is 1310. The Morgan fingerprint density at radius 2 is 1.50 bits per heavy atom. The van der Waals surface area contributed by atoms with Crippen molar-refractivity contribution in [2.75, 3.05) is 17.1 Å². The van der Waals surface area contributed by atoms with Gasteiger partial charge in [-0.2, -0.15) is 0 Å². The third kappa shape index (κ3) is 8.18. The maximum atomic E-state index is 14.0. The molecule has 3 rings (SSSR count). The van der Waals surface area contributed by atoms with Gasteiger partial charge in [0.05, 0.1) is 11.9 Å². The predicted octanol–water partition coefficient (Wildman–Crippen LogP) is 4.32. The molecule has 3 aromatic carbocycles. The van der Waals surface area contributed by atoms with Crippen molar-refractivity contribution >= 4 is 27.5 Å². The Kier molecular flexibility index (Phi) is 10.1. The molecule has 0 heterocycles. The summed E-state index contributed by atoms with van der Waals surface area (Å²) < 4.78 is 26.7. The molecule has 202 valence electrons. The number of anilines is 1. The van der Waals surface area contributed by atoms with Crippen molar-refractivity contribution in [3.05, 3.63) is 102 Å². The summed E-state index contributed by atoms with van der Waals surface area (Å²) in [7, 11) is -3.78. The summed E-state index contributed by atoms with van der Waals surface area (Å²) in [5.41, 5.74) is 3.03. The second-order valence-corrected chi connectivity index (χ2v) is 11.5. The summed E-state index contributed by atoms with van der Waals surface area (Å²) in [4.78, 5) is 29.1. The zero-order valence-electron chi connectivity index (χ0n) is 22.5. The molecule has 0 unspecified atom stereocenters. The van der Waals surface area contributed by atoms with Gasteiger partial charge < -0.3 is 10.2 Å². The van der Waals surface area contributed by atoms with E-state index in [0.29, 0.717) is 12.1 Å². The number of hydrogen-bond donors (Lipinski definition) is 1. The highest BCUT2D eigenvalue weighted by Crippen LogP contribution is 2.21. The van der Waals surface area contributed by atoms with E-state index < -0.39 is 28.5 Å². The molecule has 2 amide bonds. The van der Waals surface area contributed by atoms with Crippen LogP contribution < -0.4 is 9.62 Å². The van der Waals surface area contributed by atoms with E-state index in [4.69, 9.17) is 0 Å². The first kappa shape index (κ1) is 28.9. The standard InChI is InChI=1S/C30H37N3O4S/c1-5-24(3)31-30(35)28(20-25-14-8-6-9-15-25)32(21-26-16-10-7-11-17-26)29(34)22-33(38(4,36)37)27-18-12-13-23(2)19-27/h6-19,24,28H,5,20-22H2,1-4H3,(H,31,35)/t24-,28+/m0/s1. The second kappa shape index (κ2) is 13.2. The Labute approximate surface area is 226 Å². The van der Waals surface area contributed by atoms with Gasteiger partial charge in [-0.15, -0.1) is 0 Å². The average molecular weight is 536 g/mol. The lowest BCUT2D eigenvalue weighted by Gasteiger charge is -2.34. The van der Waals surface area contributed by atoms with Gasteiger partial charge in [-0.3, -0.25) is 13.9 Å². The first-order valence-electron chi connectivity index (χ1n) is 12.8. The quantitative estimate of drug-likeness (QED) is 0.374. The molecule has 0 saturated heterocycles. The number of nitrogens with one attached hydrogen (secondary N) is 1. The van der Waals surface area contributed by atoms with Crippen molar-refractivity contribution in [2.24, 2.45) is 0 Å². The minimum absolute atomic E-state index is 0.0748. The number of carbonyl (C=O) groups excluding carboxylic acids is 2. The fourth-order valence-electron chi connectivity index (χ4n) is 4.17. The van der Waals surface area contributed by atoms with E-state index in [9.17, 15) is 18.0 Å². The van der Waals surface area contributed by atoms with Crippen molar-refractivity contribution in [3.63, 3.8) is 0 Å². The normalized spacial score (nSPS) is 12.8. The molecule has 0 aromatic heterocycles. The van der Waals surface area contributed by atoms with E-state index in [0.717, 1.165) is 33.7 Å². The molecular formula is C30H37N3O4S. The third-order valence-electron chi connectivity index (χ3n) is 6.44. The van der Waals surface area contributed by atoms with Crippen LogP contribution in [0.5, 0.6) is 0 Å². The van der Waals surface area contributed by atoms with Crippen LogP contribution in [0.25, 0.3) is 0 Å². The van der Waals surface area contributed by atoms with Gasteiger partial charge in [0.15, 0.2) is 0 Å². The number of nitrogens with zero attached hydrogens (tertiary/aromatic N) is 2. The Morgan fingerprint density at radius 3 is 2.05 bits per heavy atom. The fraction of sp³-hybridized carbons (Fsp3) is 0.333. The Morgan fingerprint density at radius 1 is 0.895 bits per heavy atom. The zero-order chi connectivity index (χ0) is 27.7. The Hall–Kier alpha value is -3.65. The highest BCUT2D eigenvalue weighted by atomic mass is 32.2. The number of aryl methyl sites for hydroxylation is 1. The van der Waals surface area contributed by atoms with Crippen molar-refractivity contribution in [3.8, 4) is 0 Å². The number of amides is 2. The first-order valence-corrected chi connectivity index (χ1v) is 14.7. The summed E-state index contributed by atoms with van der Waals surface area (Å²) in [6.45, 7) is 5.51. The molecule has 0 fully saturated rings. The number of sulfonamides is 1. The molecule has 0 aliphatic heterocycles. The molecule has 0 aliphatic rings. The molecule has 8 heteroatoms. The summed E-state index contributed by atoms with van der Waals surface area (Å²) in [5.74, 6) is -0.727. The van der Waals surface area contributed by atoms with Gasteiger partial charge in [0.1, 0.15) is 12.6 Å². The summed E-state index contributed by atoms with van der Waals surface area (Å²) >= 11 is 0. The highest BCUT2D eigenvalue weighted by Gasteiger charge is 2.33. The number of hydrogen-bond acceptors (Lipinski definition) is 4. The van der Waals surface area contributed by atoms with Crippen LogP contribution in [0.1, 0.15) is 37.0 Å². The first-order chi connectivity index (χ1) is 18.1. The maximum Gasteiger partial charge on any atom is 0.244 e. The van der Waals surface area contributed by atoms with Crippen LogP contribution in [0.2, 0.25) is 0 Å². The lowest BCUT2D eigenvalue weighted by Crippen LogP contribution is -2.54. The summed E-state index contributed by atoms with van der Waals surface area (Å²) in [5, 5.41) is 3.03. The van der Waals surface area contributed by atoms with E-state index in [1.165, 1.54) is 4.90 Å². The SMILES string of the molecule is CC[C@H](C)NC(=O)[C@@H](Cc1ccccc1)N(Cc1ccccc1)C(=O)CN(c1cccc(C)c1)S(C)(=O)=O. The van der Waals surface area contributed by atoms with E-state index >= 15 is 0 Å². The Balaban J connectivity index is 2.04. The van der Waals surface area contributed by atoms with Gasteiger partial charge in [0, 0.05) is 19.0 Å². The largest absolute Gasteiger partial charge is 0.352 e. The maximum absolute atomic E-state index is 14.0. The smallest absolute Gasteiger partial charge is 0.244 e. The molecule has 0 aliphatic carbocycles. The monoisotopic (exact) mass is 535 g/mol. The second-order valence-electron chi connectivity index (χ2n) is 9.64. The molecular weight excluding hydrogens is 498 g/mol. The number of rotatable bonds is 12. The molecule has 0 radical (unpaired) electrons. The number of carbonyl (C=O) groups is 2. The van der Waals surface area contributed by atoms with E-state index in [-0.39, 0.29) is 18.5 Å². The van der Waals surface area contributed by atoms with Crippen LogP contribution in [0, 0.1) is 6.92 Å². The predicted molar refractivity (Wildman–Crippen MR) is 152 cm³/mol. The zero-order valence-corrected chi connectivity index (χ0v) is 23.3. The molecule has 2 atom stereocenters. The van der Waals surface area contributed by atoms with E-state index in [2.05, 4.69) is 5.32 Å². The van der Waals surface area contributed by atoms with Gasteiger partial charge in [-0.1, -0.05) is 79.7 Å². The van der Waals surface area contributed by atoms with Crippen molar-refractivity contribution in [1.82, 2.24) is 10.2 Å². The molecule has 1 N–H and O–H groups in total. The minimum Gasteiger partial charge on any atom is -0.352 e. The molecule has 3 aromatic rings. The lowest BCUT2D eigenvalue weighted by molar-refractivity contribution is -0.140. The molecule has 38 heavy (non-hydrogen) atoms. The van der Waals surface area contributed by atoms with Crippen LogP contribution in [-0.4, -0.2) is 50.0 Å². The molecule has 7 nitrogen and oxygen atoms in total. The van der Waals surface area contributed by atoms with Gasteiger partial charge in [0.25, 0.3) is 0 Å². The van der Waals surface area contributed by atoms with Crippen LogP contribution in [0.3, 0.4) is 0 Å². The van der Waals surface area contributed by atoms with Gasteiger partial charge in [-0.25, -0.2) is 8.42 Å². The van der Waals surface area contributed by atoms with Gasteiger partial charge >= 0.3 is 0 Å². The van der Waals surface area contributed by atoms with Gasteiger partial charge in [0.2, 0.25) is 21.8 Å². The van der Waals surface area contributed by atoms with E-state index in [1.54, 1.807) is 18.2 Å². The van der Waals surface area contributed by atoms with Crippen molar-refractivity contribution in [1.29, 1.82) is 0 Å². The van der Waals surface area contributed by atoms with Crippen LogP contribution in [0.4, 0.5) is 5.69 Å². The van der Waals surface area contributed by atoms with Crippen molar-refractivity contribution < 1.29 is 18.0 Å². The van der Waals surface area contributed by atoms with Crippen LogP contribution in [0.15, 0.2) is 84.9 Å². The van der Waals surface area contributed by atoms with Crippen LogP contribution >= 0.6 is 0 Å². The van der Waals surface area contributed by atoms with E-state index in [1.807, 2.05) is 87.5 Å². The fourth-order valence-corrected chi connectivity index (χ4v) is 5.01. The summed E-state index contributed by atoms with van der Waals surface area (Å²) in [6.07, 6.45) is 2.12. The molecule has 0 bridgehead atoms. The van der Waals surface area contributed by atoms with Crippen LogP contribution in [-0.2, 0) is 32.6 Å². The topological polar surface area (TPSA) is 86.8 Å². The highest BCUT2D eigenvalue weighted by molar-refractivity contribution is 7.92. The lowest BCUT2D eigenvalue weighted by atomic mass is 10.0. The van der Waals surface area contributed by atoms with Crippen molar-refractivity contribution in [2.45, 2.75) is 52.2 Å². The van der Waals surface area contributed by atoms with Gasteiger partial charge in [-0.05, 0) is 49.1 Å².